The van der Waals surface area contributed by atoms with Gasteiger partial charge in [-0.1, -0.05) is 6.08 Å². The molecule has 8 heteroatoms. The van der Waals surface area contributed by atoms with E-state index in [2.05, 4.69) is 6.58 Å². The Bertz CT molecular complexity index is 708. The van der Waals surface area contributed by atoms with Crippen LogP contribution in [0.5, 0.6) is 0 Å². The molecule has 0 spiro atoms. The van der Waals surface area contributed by atoms with Crippen molar-refractivity contribution in [2.45, 2.75) is 46.0 Å². The minimum atomic E-state index is -1.20. The number of fused-ring (bicyclic) bond motifs is 1. The van der Waals surface area contributed by atoms with Gasteiger partial charge in [0.1, 0.15) is 5.60 Å². The Morgan fingerprint density at radius 1 is 1.35 bits per heavy atom. The number of ether oxygens (including phenoxy) is 1. The Morgan fingerprint density at radius 3 is 2.52 bits per heavy atom. The lowest BCUT2D eigenvalue weighted by Crippen LogP contribution is -2.43. The number of carboxylic acid groups (broad SMARTS) is 1. The molecule has 1 aliphatic rings. The van der Waals surface area contributed by atoms with Crippen LogP contribution in [-0.2, 0) is 24.4 Å². The monoisotopic (exact) mass is 323 g/mol. The molecule has 2 rings (SSSR count). The molecule has 1 aromatic rings. The SMILES string of the molecule is C=CCn1c(C(=O)O)c2n(c1=O)CCN(C(=O)OC(C)(C)C)C2. The normalized spacial score (nSPS) is 14.3. The first-order valence-electron chi connectivity index (χ1n) is 7.30. The molecule has 0 unspecified atom stereocenters. The molecule has 1 N–H and O–H groups in total. The Labute approximate surface area is 133 Å². The standard InChI is InChI=1S/C15H21N3O5/c1-5-6-18-11(12(19)20)10-9-16(7-8-17(10)13(18)21)14(22)23-15(2,3)4/h5H,1,6-9H2,2-4H3,(H,19,20). The molecule has 0 bridgehead atoms. The highest BCUT2D eigenvalue weighted by molar-refractivity contribution is 5.87. The van der Waals surface area contributed by atoms with Gasteiger partial charge in [0.25, 0.3) is 0 Å². The average molecular weight is 323 g/mol. The van der Waals surface area contributed by atoms with Crippen molar-refractivity contribution >= 4 is 12.1 Å². The van der Waals surface area contributed by atoms with Crippen molar-refractivity contribution in [2.24, 2.45) is 0 Å². The van der Waals surface area contributed by atoms with Gasteiger partial charge < -0.3 is 14.7 Å². The van der Waals surface area contributed by atoms with Gasteiger partial charge in [-0.3, -0.25) is 9.13 Å². The van der Waals surface area contributed by atoms with Gasteiger partial charge in [0.2, 0.25) is 0 Å². The van der Waals surface area contributed by atoms with E-state index in [1.165, 1.54) is 15.5 Å². The summed E-state index contributed by atoms with van der Waals surface area (Å²) in [7, 11) is 0. The first-order chi connectivity index (χ1) is 10.7. The quantitative estimate of drug-likeness (QED) is 0.846. The molecule has 1 aromatic heterocycles. The van der Waals surface area contributed by atoms with Crippen LogP contribution in [0.1, 0.15) is 37.0 Å². The van der Waals surface area contributed by atoms with Crippen molar-refractivity contribution in [1.29, 1.82) is 0 Å². The number of carbonyl (C=O) groups is 2. The molecule has 0 aromatic carbocycles. The van der Waals surface area contributed by atoms with Crippen LogP contribution >= 0.6 is 0 Å². The van der Waals surface area contributed by atoms with E-state index in [1.807, 2.05) is 0 Å². The second-order valence-electron chi connectivity index (χ2n) is 6.34. The van der Waals surface area contributed by atoms with Gasteiger partial charge in [-0.15, -0.1) is 6.58 Å². The van der Waals surface area contributed by atoms with Crippen molar-refractivity contribution < 1.29 is 19.4 Å². The fourth-order valence-electron chi connectivity index (χ4n) is 2.53. The van der Waals surface area contributed by atoms with Gasteiger partial charge in [-0.25, -0.2) is 14.4 Å². The topological polar surface area (TPSA) is 93.8 Å². The van der Waals surface area contributed by atoms with Gasteiger partial charge >= 0.3 is 17.8 Å². The van der Waals surface area contributed by atoms with E-state index < -0.39 is 23.4 Å². The fraction of sp³-hybridized carbons (Fsp3) is 0.533. The Balaban J connectivity index is 2.38. The number of allylic oxidation sites excluding steroid dienone is 1. The second kappa shape index (κ2) is 5.94. The van der Waals surface area contributed by atoms with Crippen LogP contribution in [0.3, 0.4) is 0 Å². The number of aromatic nitrogens is 2. The van der Waals surface area contributed by atoms with E-state index >= 15 is 0 Å². The van der Waals surface area contributed by atoms with E-state index in [9.17, 15) is 19.5 Å². The molecular weight excluding hydrogens is 302 g/mol. The minimum Gasteiger partial charge on any atom is -0.477 e. The maximum Gasteiger partial charge on any atom is 0.410 e. The van der Waals surface area contributed by atoms with Crippen molar-refractivity contribution in [1.82, 2.24) is 14.0 Å². The van der Waals surface area contributed by atoms with E-state index in [-0.39, 0.29) is 25.3 Å². The number of rotatable bonds is 3. The number of aromatic carboxylic acids is 1. The number of imidazole rings is 1. The third-order valence-electron chi connectivity index (χ3n) is 3.43. The first kappa shape index (κ1) is 16.9. The highest BCUT2D eigenvalue weighted by Gasteiger charge is 2.32. The molecule has 0 atom stereocenters. The average Bonchev–Trinajstić information content (AvgIpc) is 2.70. The largest absolute Gasteiger partial charge is 0.477 e. The van der Waals surface area contributed by atoms with E-state index in [0.717, 1.165) is 4.57 Å². The molecule has 2 heterocycles. The molecular formula is C15H21N3O5. The highest BCUT2D eigenvalue weighted by atomic mass is 16.6. The maximum atomic E-state index is 12.3. The van der Waals surface area contributed by atoms with E-state index in [1.54, 1.807) is 20.8 Å². The van der Waals surface area contributed by atoms with E-state index in [0.29, 0.717) is 12.2 Å². The summed E-state index contributed by atoms with van der Waals surface area (Å²) in [5, 5.41) is 9.43. The van der Waals surface area contributed by atoms with Crippen molar-refractivity contribution in [2.75, 3.05) is 6.54 Å². The number of hydrogen-bond donors (Lipinski definition) is 1. The van der Waals surface area contributed by atoms with Gasteiger partial charge in [0.15, 0.2) is 5.69 Å². The Kier molecular flexibility index (Phi) is 4.35. The van der Waals surface area contributed by atoms with Crippen LogP contribution in [0.4, 0.5) is 4.79 Å². The molecule has 0 aliphatic carbocycles. The Morgan fingerprint density at radius 2 is 2.00 bits per heavy atom. The summed E-state index contributed by atoms with van der Waals surface area (Å²) in [5.74, 6) is -1.20. The van der Waals surface area contributed by atoms with Crippen molar-refractivity contribution in [3.8, 4) is 0 Å². The summed E-state index contributed by atoms with van der Waals surface area (Å²) in [6, 6.07) is 0. The van der Waals surface area contributed by atoms with E-state index in [4.69, 9.17) is 4.74 Å². The lowest BCUT2D eigenvalue weighted by molar-refractivity contribution is 0.0195. The molecule has 0 fully saturated rings. The number of nitrogens with zero attached hydrogens (tertiary/aromatic N) is 3. The molecule has 0 radical (unpaired) electrons. The number of amides is 1. The molecule has 0 saturated carbocycles. The van der Waals surface area contributed by atoms with Gasteiger partial charge in [-0.05, 0) is 20.8 Å². The maximum absolute atomic E-state index is 12.3. The Hall–Kier alpha value is -2.51. The summed E-state index contributed by atoms with van der Waals surface area (Å²) >= 11 is 0. The van der Waals surface area contributed by atoms with Crippen molar-refractivity contribution in [3.05, 3.63) is 34.5 Å². The summed E-state index contributed by atoms with van der Waals surface area (Å²) in [4.78, 5) is 37.4. The number of hydrogen-bond acceptors (Lipinski definition) is 4. The molecule has 1 amide bonds. The molecule has 23 heavy (non-hydrogen) atoms. The van der Waals surface area contributed by atoms with Crippen LogP contribution in [0, 0.1) is 0 Å². The van der Waals surface area contributed by atoms with Crippen LogP contribution in [0.2, 0.25) is 0 Å². The van der Waals surface area contributed by atoms with Gasteiger partial charge in [0.05, 0.1) is 12.2 Å². The predicted molar refractivity (Wildman–Crippen MR) is 82.5 cm³/mol. The predicted octanol–water partition coefficient (Wildman–Crippen LogP) is 1.28. The smallest absolute Gasteiger partial charge is 0.410 e. The molecule has 8 nitrogen and oxygen atoms in total. The minimum absolute atomic E-state index is 0.0237. The zero-order valence-corrected chi connectivity index (χ0v) is 13.5. The van der Waals surface area contributed by atoms with Crippen molar-refractivity contribution in [3.63, 3.8) is 0 Å². The zero-order valence-electron chi connectivity index (χ0n) is 13.5. The summed E-state index contributed by atoms with van der Waals surface area (Å²) in [5.41, 5.74) is -0.843. The zero-order chi connectivity index (χ0) is 17.4. The fourth-order valence-corrected chi connectivity index (χ4v) is 2.53. The van der Waals surface area contributed by atoms with Crippen LogP contribution < -0.4 is 5.69 Å². The van der Waals surface area contributed by atoms with Gasteiger partial charge in [-0.2, -0.15) is 0 Å². The van der Waals surface area contributed by atoms with Crippen LogP contribution in [0.25, 0.3) is 0 Å². The molecule has 126 valence electrons. The third-order valence-corrected chi connectivity index (χ3v) is 3.43. The summed E-state index contributed by atoms with van der Waals surface area (Å²) < 4.78 is 7.86. The second-order valence-corrected chi connectivity index (χ2v) is 6.34. The molecule has 1 aliphatic heterocycles. The lowest BCUT2D eigenvalue weighted by atomic mass is 10.2. The third kappa shape index (κ3) is 3.30. The number of carbonyl (C=O) groups excluding carboxylic acids is 1. The van der Waals surface area contributed by atoms with Gasteiger partial charge in [0, 0.05) is 19.6 Å². The van der Waals surface area contributed by atoms with Crippen LogP contribution in [-0.4, -0.2) is 43.3 Å². The summed E-state index contributed by atoms with van der Waals surface area (Å²) in [6.45, 7) is 9.47. The number of carboxylic acids is 1. The van der Waals surface area contributed by atoms with Crippen LogP contribution in [0.15, 0.2) is 17.4 Å². The summed E-state index contributed by atoms with van der Waals surface area (Å²) in [6.07, 6.45) is 0.940. The first-order valence-corrected chi connectivity index (χ1v) is 7.30. The lowest BCUT2D eigenvalue weighted by Gasteiger charge is -2.30. The highest BCUT2D eigenvalue weighted by Crippen LogP contribution is 2.19. The molecule has 0 saturated heterocycles.